The van der Waals surface area contributed by atoms with Crippen LogP contribution in [0.2, 0.25) is 0 Å². The Kier molecular flexibility index (Phi) is 5.06. The van der Waals surface area contributed by atoms with Gasteiger partial charge in [-0.05, 0) is 50.2 Å². The number of hydrogen-bond acceptors (Lipinski definition) is 4. The minimum atomic E-state index is -0.0723. The maximum absolute atomic E-state index is 13.1. The number of likely N-dealkylation sites (tertiary alicyclic amines) is 1. The Labute approximate surface area is 168 Å². The van der Waals surface area contributed by atoms with Crippen LogP contribution in [0.25, 0.3) is 10.2 Å². The second-order valence-electron chi connectivity index (χ2n) is 7.68. The van der Waals surface area contributed by atoms with Crippen molar-refractivity contribution in [3.63, 3.8) is 0 Å². The molecule has 0 spiro atoms. The van der Waals surface area contributed by atoms with Gasteiger partial charge in [0.1, 0.15) is 10.7 Å². The van der Waals surface area contributed by atoms with Crippen molar-refractivity contribution in [1.82, 2.24) is 14.5 Å². The van der Waals surface area contributed by atoms with Gasteiger partial charge in [0, 0.05) is 20.1 Å². The highest BCUT2D eigenvalue weighted by Crippen LogP contribution is 2.30. The van der Waals surface area contributed by atoms with Crippen LogP contribution in [-0.4, -0.2) is 33.4 Å². The zero-order chi connectivity index (χ0) is 19.8. The van der Waals surface area contributed by atoms with Crippen LogP contribution in [-0.2, 0) is 13.5 Å². The van der Waals surface area contributed by atoms with E-state index in [1.165, 1.54) is 16.9 Å². The fourth-order valence-electron chi connectivity index (χ4n) is 4.00. The van der Waals surface area contributed by atoms with Crippen LogP contribution in [0.1, 0.15) is 39.5 Å². The van der Waals surface area contributed by atoms with E-state index in [2.05, 4.69) is 29.2 Å². The summed E-state index contributed by atoms with van der Waals surface area (Å²) in [6.07, 6.45) is 3.11. The molecule has 1 fully saturated rings. The van der Waals surface area contributed by atoms with Gasteiger partial charge in [-0.15, -0.1) is 11.3 Å². The molecule has 0 atom stereocenters. The van der Waals surface area contributed by atoms with E-state index in [1.54, 1.807) is 11.6 Å². The van der Waals surface area contributed by atoms with Crippen LogP contribution in [0.4, 0.5) is 0 Å². The van der Waals surface area contributed by atoms with Crippen molar-refractivity contribution in [3.8, 4) is 0 Å². The maximum Gasteiger partial charge on any atom is 0.264 e. The third kappa shape index (κ3) is 3.37. The number of aromatic nitrogens is 2. The quantitative estimate of drug-likeness (QED) is 0.679. The van der Waals surface area contributed by atoms with Crippen molar-refractivity contribution in [2.75, 3.05) is 13.1 Å². The molecule has 0 unspecified atom stereocenters. The Morgan fingerprint density at radius 3 is 2.54 bits per heavy atom. The van der Waals surface area contributed by atoms with E-state index in [0.717, 1.165) is 37.9 Å². The van der Waals surface area contributed by atoms with Gasteiger partial charge >= 0.3 is 0 Å². The molecule has 1 saturated heterocycles. The molecule has 3 aromatic rings. The number of hydrogen-bond donors (Lipinski definition) is 0. The average molecular weight is 396 g/mol. The number of nitrogens with zero attached hydrogens (tertiary/aromatic N) is 3. The summed E-state index contributed by atoms with van der Waals surface area (Å²) in [5.74, 6) is 1.32. The lowest BCUT2D eigenvalue weighted by Gasteiger charge is -2.32. The maximum atomic E-state index is 13.1. The molecule has 0 aliphatic carbocycles. The number of benzene rings is 1. The van der Waals surface area contributed by atoms with Crippen LogP contribution in [0.3, 0.4) is 0 Å². The first kappa shape index (κ1) is 18.9. The van der Waals surface area contributed by atoms with Crippen molar-refractivity contribution >= 4 is 27.5 Å². The highest BCUT2D eigenvalue weighted by molar-refractivity contribution is 7.20. The SMILES string of the molecule is Cc1c(C(=O)N2CCC(Cc3ccccc3)CC2)sc2nc(C)n(C)c(=O)c12. The predicted octanol–water partition coefficient (Wildman–Crippen LogP) is 3.71. The summed E-state index contributed by atoms with van der Waals surface area (Å²) in [7, 11) is 1.72. The summed E-state index contributed by atoms with van der Waals surface area (Å²) in [5.41, 5.74) is 2.06. The number of thiophene rings is 1. The Hall–Kier alpha value is -2.47. The highest BCUT2D eigenvalue weighted by atomic mass is 32.1. The summed E-state index contributed by atoms with van der Waals surface area (Å²) in [5, 5.41) is 0.584. The molecule has 5 nitrogen and oxygen atoms in total. The average Bonchev–Trinajstić information content (AvgIpc) is 3.03. The lowest BCUT2D eigenvalue weighted by atomic mass is 9.90. The molecule has 1 aliphatic rings. The number of fused-ring (bicyclic) bond motifs is 1. The van der Waals surface area contributed by atoms with Gasteiger partial charge in [0.25, 0.3) is 11.5 Å². The molecule has 3 heterocycles. The minimum absolute atomic E-state index is 0.0402. The van der Waals surface area contributed by atoms with Crippen LogP contribution in [0.5, 0.6) is 0 Å². The first-order valence-electron chi connectivity index (χ1n) is 9.75. The summed E-state index contributed by atoms with van der Waals surface area (Å²) >= 11 is 1.35. The fourth-order valence-corrected chi connectivity index (χ4v) is 5.19. The molecule has 6 heteroatoms. The first-order chi connectivity index (χ1) is 13.5. The summed E-state index contributed by atoms with van der Waals surface area (Å²) in [6, 6.07) is 10.6. The highest BCUT2D eigenvalue weighted by Gasteiger charge is 2.27. The smallest absolute Gasteiger partial charge is 0.264 e. The third-order valence-corrected chi connectivity index (χ3v) is 7.03. The Bertz CT molecular complexity index is 1080. The monoisotopic (exact) mass is 395 g/mol. The molecule has 28 heavy (non-hydrogen) atoms. The Morgan fingerprint density at radius 2 is 1.86 bits per heavy atom. The lowest BCUT2D eigenvalue weighted by molar-refractivity contribution is 0.0695. The molecular formula is C22H25N3O2S. The topological polar surface area (TPSA) is 55.2 Å². The van der Waals surface area contributed by atoms with Crippen LogP contribution in [0, 0.1) is 19.8 Å². The van der Waals surface area contributed by atoms with E-state index in [0.29, 0.717) is 26.8 Å². The van der Waals surface area contributed by atoms with Crippen LogP contribution in [0.15, 0.2) is 35.1 Å². The number of amides is 1. The van der Waals surface area contributed by atoms with E-state index in [1.807, 2.05) is 24.8 Å². The number of piperidine rings is 1. The first-order valence-corrected chi connectivity index (χ1v) is 10.6. The van der Waals surface area contributed by atoms with Crippen molar-refractivity contribution in [2.45, 2.75) is 33.1 Å². The van der Waals surface area contributed by atoms with E-state index >= 15 is 0 Å². The largest absolute Gasteiger partial charge is 0.338 e. The van der Waals surface area contributed by atoms with Crippen molar-refractivity contribution in [1.29, 1.82) is 0 Å². The van der Waals surface area contributed by atoms with Gasteiger partial charge in [-0.2, -0.15) is 0 Å². The van der Waals surface area contributed by atoms with Gasteiger partial charge < -0.3 is 4.90 Å². The molecule has 0 radical (unpaired) electrons. The van der Waals surface area contributed by atoms with Crippen molar-refractivity contribution < 1.29 is 4.79 Å². The Morgan fingerprint density at radius 1 is 1.18 bits per heavy atom. The molecule has 1 aromatic carbocycles. The number of rotatable bonds is 3. The van der Waals surface area contributed by atoms with Crippen molar-refractivity contribution in [2.24, 2.45) is 13.0 Å². The summed E-state index contributed by atoms with van der Waals surface area (Å²) in [6.45, 7) is 5.23. The van der Waals surface area contributed by atoms with E-state index < -0.39 is 0 Å². The Balaban J connectivity index is 1.51. The van der Waals surface area contributed by atoms with Gasteiger partial charge in [-0.1, -0.05) is 30.3 Å². The van der Waals surface area contributed by atoms with E-state index in [4.69, 9.17) is 0 Å². The molecule has 4 rings (SSSR count). The van der Waals surface area contributed by atoms with Gasteiger partial charge in [-0.3, -0.25) is 14.2 Å². The molecule has 1 aliphatic heterocycles. The summed E-state index contributed by atoms with van der Waals surface area (Å²) in [4.78, 5) is 33.5. The van der Waals surface area contributed by atoms with Gasteiger partial charge in [0.05, 0.1) is 10.3 Å². The number of carbonyl (C=O) groups excluding carboxylic acids is 1. The second kappa shape index (κ2) is 7.51. The lowest BCUT2D eigenvalue weighted by Crippen LogP contribution is -2.38. The zero-order valence-electron chi connectivity index (χ0n) is 16.6. The second-order valence-corrected chi connectivity index (χ2v) is 8.68. The van der Waals surface area contributed by atoms with E-state index in [-0.39, 0.29) is 11.5 Å². The number of carbonyl (C=O) groups is 1. The predicted molar refractivity (Wildman–Crippen MR) is 113 cm³/mol. The van der Waals surface area contributed by atoms with Gasteiger partial charge in [0.15, 0.2) is 0 Å². The van der Waals surface area contributed by atoms with Gasteiger partial charge in [-0.25, -0.2) is 4.98 Å². The fraction of sp³-hybridized carbons (Fsp3) is 0.409. The normalized spacial score (nSPS) is 15.3. The van der Waals surface area contributed by atoms with Crippen LogP contribution < -0.4 is 5.56 Å². The molecule has 146 valence electrons. The third-order valence-electron chi connectivity index (χ3n) is 5.86. The summed E-state index contributed by atoms with van der Waals surface area (Å²) < 4.78 is 1.55. The van der Waals surface area contributed by atoms with Gasteiger partial charge in [0.2, 0.25) is 0 Å². The van der Waals surface area contributed by atoms with E-state index in [9.17, 15) is 9.59 Å². The molecule has 1 amide bonds. The number of aryl methyl sites for hydroxylation is 2. The van der Waals surface area contributed by atoms with Crippen LogP contribution >= 0.6 is 11.3 Å². The standard InChI is InChI=1S/C22H25N3O2S/c1-14-18-20(23-15(2)24(3)21(18)26)28-19(14)22(27)25-11-9-17(10-12-25)13-16-7-5-4-6-8-16/h4-8,17H,9-13H2,1-3H3. The zero-order valence-corrected chi connectivity index (χ0v) is 17.4. The molecule has 2 aromatic heterocycles. The minimum Gasteiger partial charge on any atom is -0.338 e. The van der Waals surface area contributed by atoms with Crippen molar-refractivity contribution in [3.05, 3.63) is 62.5 Å². The molecular weight excluding hydrogens is 370 g/mol. The molecule has 0 saturated carbocycles. The molecule has 0 N–H and O–H groups in total. The molecule has 0 bridgehead atoms.